The second-order valence-electron chi connectivity index (χ2n) is 6.91. The van der Waals surface area contributed by atoms with Gasteiger partial charge in [0.1, 0.15) is 5.60 Å². The van der Waals surface area contributed by atoms with E-state index in [1.807, 2.05) is 51.1 Å². The summed E-state index contributed by atoms with van der Waals surface area (Å²) in [5, 5.41) is 2.81. The van der Waals surface area contributed by atoms with Crippen LogP contribution in [-0.4, -0.2) is 42.1 Å². The third-order valence-electron chi connectivity index (χ3n) is 3.58. The first-order chi connectivity index (χ1) is 11.3. The summed E-state index contributed by atoms with van der Waals surface area (Å²) in [4.78, 5) is 25.5. The zero-order chi connectivity index (χ0) is 17.6. The van der Waals surface area contributed by atoms with Crippen LogP contribution in [-0.2, 0) is 9.53 Å². The maximum absolute atomic E-state index is 12.0. The van der Waals surface area contributed by atoms with Crippen molar-refractivity contribution in [2.45, 2.75) is 32.8 Å². The van der Waals surface area contributed by atoms with Gasteiger partial charge in [0.25, 0.3) is 5.91 Å². The van der Waals surface area contributed by atoms with Crippen molar-refractivity contribution in [2.24, 2.45) is 5.92 Å². The van der Waals surface area contributed by atoms with Gasteiger partial charge in [-0.2, -0.15) is 0 Å². The summed E-state index contributed by atoms with van der Waals surface area (Å²) in [6.07, 6.45) is 0.561. The fraction of sp³-hybridized carbons (Fsp3) is 0.474. The number of carbonyl (C=O) groups excluding carboxylic acids is 2. The van der Waals surface area contributed by atoms with Crippen molar-refractivity contribution in [3.05, 3.63) is 35.9 Å². The number of ether oxygens (including phenoxy) is 1. The van der Waals surface area contributed by atoms with Gasteiger partial charge in [-0.3, -0.25) is 4.79 Å². The van der Waals surface area contributed by atoms with Crippen molar-refractivity contribution in [1.29, 1.82) is 0 Å². The molecule has 1 unspecified atom stereocenters. The smallest absolute Gasteiger partial charge is 0.410 e. The van der Waals surface area contributed by atoms with Crippen LogP contribution in [0.3, 0.4) is 0 Å². The molecule has 2 rings (SSSR count). The minimum absolute atomic E-state index is 0.236. The van der Waals surface area contributed by atoms with Crippen molar-refractivity contribution < 1.29 is 14.3 Å². The van der Waals surface area contributed by atoms with E-state index in [0.29, 0.717) is 19.6 Å². The Balaban J connectivity index is 1.75. The van der Waals surface area contributed by atoms with Crippen LogP contribution in [0, 0.1) is 17.8 Å². The molecular weight excluding hydrogens is 304 g/mol. The number of nitrogens with zero attached hydrogens (tertiary/aromatic N) is 1. The molecule has 5 heteroatoms. The Bertz CT molecular complexity index is 638. The molecule has 1 heterocycles. The molecule has 1 atom stereocenters. The minimum atomic E-state index is -0.490. The third kappa shape index (κ3) is 5.96. The van der Waals surface area contributed by atoms with Gasteiger partial charge in [0.05, 0.1) is 0 Å². The number of benzene rings is 1. The molecule has 1 N–H and O–H groups in total. The number of amides is 2. The Morgan fingerprint density at radius 2 is 2.00 bits per heavy atom. The van der Waals surface area contributed by atoms with Crippen molar-refractivity contribution in [3.8, 4) is 11.8 Å². The Morgan fingerprint density at radius 3 is 2.67 bits per heavy atom. The average Bonchev–Trinajstić information content (AvgIpc) is 2.99. The number of carbonyl (C=O) groups is 2. The predicted octanol–water partition coefficient (Wildman–Crippen LogP) is 2.41. The first-order valence-corrected chi connectivity index (χ1v) is 8.16. The molecule has 0 aliphatic carbocycles. The highest BCUT2D eigenvalue weighted by molar-refractivity contribution is 5.94. The molecule has 1 fully saturated rings. The topological polar surface area (TPSA) is 58.6 Å². The SMILES string of the molecule is CC(C)(C)OC(=O)N1CCC(CNC(=O)C#Cc2ccccc2)C1. The molecule has 1 aliphatic heterocycles. The fourth-order valence-electron chi connectivity index (χ4n) is 2.42. The highest BCUT2D eigenvalue weighted by atomic mass is 16.6. The summed E-state index contributed by atoms with van der Waals surface area (Å²) < 4.78 is 5.36. The van der Waals surface area contributed by atoms with E-state index in [0.717, 1.165) is 12.0 Å². The molecular formula is C19H24N2O3. The summed E-state index contributed by atoms with van der Waals surface area (Å²) in [5.74, 6) is 5.35. The lowest BCUT2D eigenvalue weighted by molar-refractivity contribution is -0.115. The lowest BCUT2D eigenvalue weighted by Crippen LogP contribution is -2.36. The van der Waals surface area contributed by atoms with Crippen LogP contribution in [0.15, 0.2) is 30.3 Å². The van der Waals surface area contributed by atoms with Gasteiger partial charge < -0.3 is 15.0 Å². The largest absolute Gasteiger partial charge is 0.444 e. The van der Waals surface area contributed by atoms with E-state index in [1.54, 1.807) is 4.90 Å². The molecule has 0 bridgehead atoms. The van der Waals surface area contributed by atoms with Crippen LogP contribution in [0.5, 0.6) is 0 Å². The van der Waals surface area contributed by atoms with Gasteiger partial charge in [0.15, 0.2) is 0 Å². The van der Waals surface area contributed by atoms with E-state index in [2.05, 4.69) is 17.2 Å². The van der Waals surface area contributed by atoms with Crippen LogP contribution >= 0.6 is 0 Å². The summed E-state index contributed by atoms with van der Waals surface area (Å²) in [7, 11) is 0. The molecule has 1 aliphatic rings. The van der Waals surface area contributed by atoms with E-state index in [1.165, 1.54) is 0 Å². The standard InChI is InChI=1S/C19H24N2O3/c1-19(2,3)24-18(23)21-12-11-16(14-21)13-20-17(22)10-9-15-7-5-4-6-8-15/h4-8,16H,11-14H2,1-3H3,(H,20,22). The second kappa shape index (κ2) is 7.87. The van der Waals surface area contributed by atoms with Gasteiger partial charge in [0.2, 0.25) is 0 Å². The molecule has 1 aromatic rings. The number of rotatable bonds is 2. The lowest BCUT2D eigenvalue weighted by Gasteiger charge is -2.24. The van der Waals surface area contributed by atoms with Crippen molar-refractivity contribution in [2.75, 3.05) is 19.6 Å². The van der Waals surface area contributed by atoms with E-state index in [9.17, 15) is 9.59 Å². The Hall–Kier alpha value is -2.48. The molecule has 0 spiro atoms. The van der Waals surface area contributed by atoms with Gasteiger partial charge in [-0.15, -0.1) is 0 Å². The lowest BCUT2D eigenvalue weighted by atomic mass is 10.1. The first kappa shape index (κ1) is 17.9. The zero-order valence-electron chi connectivity index (χ0n) is 14.5. The van der Waals surface area contributed by atoms with Crippen LogP contribution in [0.2, 0.25) is 0 Å². The summed E-state index contributed by atoms with van der Waals surface area (Å²) in [6.45, 7) is 7.33. The van der Waals surface area contributed by atoms with Crippen molar-refractivity contribution >= 4 is 12.0 Å². The Kier molecular flexibility index (Phi) is 5.86. The van der Waals surface area contributed by atoms with Crippen molar-refractivity contribution in [1.82, 2.24) is 10.2 Å². The monoisotopic (exact) mass is 328 g/mol. The number of likely N-dealkylation sites (tertiary alicyclic amines) is 1. The first-order valence-electron chi connectivity index (χ1n) is 8.16. The molecule has 0 aromatic heterocycles. The van der Waals surface area contributed by atoms with E-state index < -0.39 is 5.60 Å². The molecule has 2 amide bonds. The second-order valence-corrected chi connectivity index (χ2v) is 6.91. The summed E-state index contributed by atoms with van der Waals surface area (Å²) in [6, 6.07) is 9.38. The van der Waals surface area contributed by atoms with Gasteiger partial charge in [-0.1, -0.05) is 24.1 Å². The molecule has 1 saturated heterocycles. The van der Waals surface area contributed by atoms with Gasteiger partial charge in [-0.25, -0.2) is 4.79 Å². The molecule has 1 aromatic carbocycles. The van der Waals surface area contributed by atoms with Crippen LogP contribution < -0.4 is 5.32 Å². The molecule has 0 saturated carbocycles. The highest BCUT2D eigenvalue weighted by Gasteiger charge is 2.29. The van der Waals surface area contributed by atoms with E-state index >= 15 is 0 Å². The molecule has 24 heavy (non-hydrogen) atoms. The van der Waals surface area contributed by atoms with Crippen LogP contribution in [0.25, 0.3) is 0 Å². The fourth-order valence-corrected chi connectivity index (χ4v) is 2.42. The number of hydrogen-bond acceptors (Lipinski definition) is 3. The van der Waals surface area contributed by atoms with Crippen LogP contribution in [0.4, 0.5) is 4.79 Å². The molecule has 5 nitrogen and oxygen atoms in total. The van der Waals surface area contributed by atoms with E-state index in [-0.39, 0.29) is 17.9 Å². The maximum atomic E-state index is 12.0. The van der Waals surface area contributed by atoms with E-state index in [4.69, 9.17) is 4.74 Å². The van der Waals surface area contributed by atoms with Crippen LogP contribution in [0.1, 0.15) is 32.8 Å². The van der Waals surface area contributed by atoms with Gasteiger partial charge in [0, 0.05) is 31.1 Å². The van der Waals surface area contributed by atoms with Gasteiger partial charge in [-0.05, 0) is 45.2 Å². The van der Waals surface area contributed by atoms with Crippen molar-refractivity contribution in [3.63, 3.8) is 0 Å². The Labute approximate surface area is 143 Å². The number of nitrogens with one attached hydrogen (secondary N) is 1. The third-order valence-corrected chi connectivity index (χ3v) is 3.58. The summed E-state index contributed by atoms with van der Waals surface area (Å²) >= 11 is 0. The maximum Gasteiger partial charge on any atom is 0.410 e. The quantitative estimate of drug-likeness (QED) is 0.848. The summed E-state index contributed by atoms with van der Waals surface area (Å²) in [5.41, 5.74) is 0.320. The Morgan fingerprint density at radius 1 is 1.29 bits per heavy atom. The molecule has 128 valence electrons. The zero-order valence-corrected chi connectivity index (χ0v) is 14.5. The van der Waals surface area contributed by atoms with Gasteiger partial charge >= 0.3 is 6.09 Å². The number of hydrogen-bond donors (Lipinski definition) is 1. The normalized spacial score (nSPS) is 17.0. The molecule has 0 radical (unpaired) electrons. The highest BCUT2D eigenvalue weighted by Crippen LogP contribution is 2.18. The predicted molar refractivity (Wildman–Crippen MR) is 92.2 cm³/mol. The minimum Gasteiger partial charge on any atom is -0.444 e. The average molecular weight is 328 g/mol.